The van der Waals surface area contributed by atoms with Crippen LogP contribution >= 0.6 is 0 Å². The minimum absolute atomic E-state index is 0.0593. The van der Waals surface area contributed by atoms with Gasteiger partial charge in [0.05, 0.1) is 12.8 Å². The Labute approximate surface area is 150 Å². The van der Waals surface area contributed by atoms with Crippen LogP contribution in [0.15, 0.2) is 0 Å². The van der Waals surface area contributed by atoms with Gasteiger partial charge >= 0.3 is 18.1 Å². The third-order valence-electron chi connectivity index (χ3n) is 3.30. The number of amides is 4. The number of hydroxylamine groups is 4. The zero-order valence-electron chi connectivity index (χ0n) is 13.8. The number of hydrogen-bond donors (Lipinski definition) is 0. The van der Waals surface area contributed by atoms with Crippen molar-refractivity contribution in [2.75, 3.05) is 6.79 Å². The van der Waals surface area contributed by atoms with Gasteiger partial charge in [0.15, 0.2) is 0 Å². The summed E-state index contributed by atoms with van der Waals surface area (Å²) in [7, 11) is 0. The molecule has 2 saturated heterocycles. The van der Waals surface area contributed by atoms with Crippen LogP contribution in [-0.4, -0.2) is 58.6 Å². The van der Waals surface area contributed by atoms with Crippen LogP contribution in [0.25, 0.3) is 0 Å². The van der Waals surface area contributed by atoms with E-state index >= 15 is 0 Å². The van der Waals surface area contributed by atoms with Crippen LogP contribution in [0, 0.1) is 0 Å². The molecule has 2 rings (SSSR count). The first-order valence-electron chi connectivity index (χ1n) is 7.70. The zero-order chi connectivity index (χ0) is 20.0. The molecule has 0 aliphatic carbocycles. The van der Waals surface area contributed by atoms with Crippen molar-refractivity contribution in [2.24, 2.45) is 0 Å². The van der Waals surface area contributed by atoms with Gasteiger partial charge in [0, 0.05) is 25.7 Å². The summed E-state index contributed by atoms with van der Waals surface area (Å²) in [6.07, 6.45) is -2.70. The first-order valence-corrected chi connectivity index (χ1v) is 7.70. The van der Waals surface area contributed by atoms with E-state index in [4.69, 9.17) is 0 Å². The number of nitrogens with zero attached hydrogens (tertiary/aromatic N) is 2. The monoisotopic (exact) mass is 386 g/mol. The van der Waals surface area contributed by atoms with Crippen molar-refractivity contribution in [1.82, 2.24) is 10.1 Å². The Balaban J connectivity index is 1.60. The lowest BCUT2D eigenvalue weighted by Gasteiger charge is -2.13. The van der Waals surface area contributed by atoms with E-state index in [-0.39, 0.29) is 30.7 Å². The van der Waals surface area contributed by atoms with Crippen LogP contribution in [0.4, 0.5) is 4.79 Å². The number of rotatable bonds is 7. The topological polar surface area (TPSA) is 163 Å². The molecule has 27 heavy (non-hydrogen) atoms. The van der Waals surface area contributed by atoms with Crippen LogP contribution in [0.1, 0.15) is 38.5 Å². The molecule has 2 aliphatic rings. The van der Waals surface area contributed by atoms with Gasteiger partial charge in [-0.05, 0) is 0 Å². The van der Waals surface area contributed by atoms with Crippen LogP contribution in [0.2, 0.25) is 0 Å². The fraction of sp³-hybridized carbons (Fsp3) is 0.500. The maximum absolute atomic E-state index is 11.5. The van der Waals surface area contributed by atoms with E-state index in [0.717, 1.165) is 0 Å². The van der Waals surface area contributed by atoms with Gasteiger partial charge in [-0.1, -0.05) is 5.06 Å². The lowest BCUT2D eigenvalue weighted by Crippen LogP contribution is -2.32. The summed E-state index contributed by atoms with van der Waals surface area (Å²) in [4.78, 5) is 88.0. The van der Waals surface area contributed by atoms with Crippen molar-refractivity contribution in [3.05, 3.63) is 0 Å². The second-order valence-electron chi connectivity index (χ2n) is 5.25. The van der Waals surface area contributed by atoms with Gasteiger partial charge in [0.1, 0.15) is 0 Å². The van der Waals surface area contributed by atoms with Gasteiger partial charge in [0.2, 0.25) is 6.79 Å². The molecule has 2 aliphatic heterocycles. The minimum atomic E-state index is -1.43. The molecule has 0 aromatic rings. The van der Waals surface area contributed by atoms with Gasteiger partial charge in [-0.3, -0.25) is 28.8 Å². The molecule has 4 amide bonds. The molecule has 2 heterocycles. The molecule has 0 aromatic heterocycles. The highest BCUT2D eigenvalue weighted by Crippen LogP contribution is 2.14. The third-order valence-corrected chi connectivity index (χ3v) is 3.30. The van der Waals surface area contributed by atoms with Crippen LogP contribution in [0.3, 0.4) is 0 Å². The Hall–Kier alpha value is -3.51. The van der Waals surface area contributed by atoms with Crippen LogP contribution in [0.5, 0.6) is 0 Å². The van der Waals surface area contributed by atoms with E-state index in [1.165, 1.54) is 0 Å². The molecular formula is C14H14N2O11. The van der Waals surface area contributed by atoms with E-state index in [1.807, 2.05) is 0 Å². The third kappa shape index (κ3) is 5.49. The Morgan fingerprint density at radius 3 is 1.63 bits per heavy atom. The standard InChI is InChI=1S/C14H14N2O11/c17-8-1-2-9(18)15(8)26-13(22)6-5-12(21)24-7-25-14(23)27-16-10(19)3-4-11(16)20/h1-7H2. The highest BCUT2D eigenvalue weighted by molar-refractivity contribution is 6.02. The van der Waals surface area contributed by atoms with E-state index < -0.39 is 61.4 Å². The summed E-state index contributed by atoms with van der Waals surface area (Å²) in [5.41, 5.74) is 0. The van der Waals surface area contributed by atoms with Gasteiger partial charge in [-0.15, -0.1) is 5.06 Å². The number of ether oxygens (including phenoxy) is 2. The van der Waals surface area contributed by atoms with Crippen molar-refractivity contribution in [3.8, 4) is 0 Å². The molecule has 0 unspecified atom stereocenters. The van der Waals surface area contributed by atoms with E-state index in [0.29, 0.717) is 5.06 Å². The maximum atomic E-state index is 11.5. The van der Waals surface area contributed by atoms with Crippen molar-refractivity contribution >= 4 is 41.7 Å². The molecule has 0 saturated carbocycles. The number of esters is 1. The fourth-order valence-electron chi connectivity index (χ4n) is 1.98. The van der Waals surface area contributed by atoms with Crippen molar-refractivity contribution < 1.29 is 52.7 Å². The summed E-state index contributed by atoms with van der Waals surface area (Å²) in [6, 6.07) is 0. The van der Waals surface area contributed by atoms with Gasteiger partial charge < -0.3 is 14.3 Å². The van der Waals surface area contributed by atoms with Gasteiger partial charge in [-0.25, -0.2) is 9.59 Å². The first-order chi connectivity index (χ1) is 12.8. The smallest absolute Gasteiger partial charge is 0.428 e. The van der Waals surface area contributed by atoms with E-state index in [9.17, 15) is 33.6 Å². The summed E-state index contributed by atoms with van der Waals surface area (Å²) in [5, 5.41) is 0.592. The van der Waals surface area contributed by atoms with Crippen molar-refractivity contribution in [3.63, 3.8) is 0 Å². The van der Waals surface area contributed by atoms with Gasteiger partial charge in [0.25, 0.3) is 23.6 Å². The highest BCUT2D eigenvalue weighted by atomic mass is 16.9. The number of carbonyl (C=O) groups excluding carboxylic acids is 7. The molecule has 2 fully saturated rings. The maximum Gasteiger partial charge on any atom is 0.536 e. The lowest BCUT2D eigenvalue weighted by atomic mass is 10.3. The molecular weight excluding hydrogens is 372 g/mol. The number of imide groups is 2. The second kappa shape index (κ2) is 8.73. The normalized spacial score (nSPS) is 16.6. The molecule has 13 nitrogen and oxygen atoms in total. The Morgan fingerprint density at radius 2 is 1.11 bits per heavy atom. The summed E-state index contributed by atoms with van der Waals surface area (Å²) in [6.45, 7) is -0.883. The molecule has 13 heteroatoms. The molecule has 146 valence electrons. The van der Waals surface area contributed by atoms with Crippen LogP contribution < -0.4 is 0 Å². The molecule has 0 spiro atoms. The second-order valence-corrected chi connectivity index (χ2v) is 5.25. The Kier molecular flexibility index (Phi) is 6.41. The molecule has 0 aromatic carbocycles. The first kappa shape index (κ1) is 19.8. The van der Waals surface area contributed by atoms with Gasteiger partial charge in [-0.2, -0.15) is 0 Å². The predicted octanol–water partition coefficient (Wildman–Crippen LogP) is -0.908. The van der Waals surface area contributed by atoms with E-state index in [2.05, 4.69) is 19.1 Å². The number of carbonyl (C=O) groups is 7. The average molecular weight is 386 g/mol. The summed E-state index contributed by atoms with van der Waals surface area (Å²) < 4.78 is 8.84. The predicted molar refractivity (Wildman–Crippen MR) is 76.0 cm³/mol. The molecule has 0 N–H and O–H groups in total. The van der Waals surface area contributed by atoms with Crippen LogP contribution in [-0.2, 0) is 47.9 Å². The fourth-order valence-corrected chi connectivity index (χ4v) is 1.98. The average Bonchev–Trinajstić information content (AvgIpc) is 3.10. The Morgan fingerprint density at radius 1 is 0.667 bits per heavy atom. The molecule has 0 radical (unpaired) electrons. The summed E-state index contributed by atoms with van der Waals surface area (Å²) >= 11 is 0. The van der Waals surface area contributed by atoms with Crippen molar-refractivity contribution in [2.45, 2.75) is 38.5 Å². The zero-order valence-corrected chi connectivity index (χ0v) is 13.8. The molecule has 0 bridgehead atoms. The largest absolute Gasteiger partial charge is 0.536 e. The lowest BCUT2D eigenvalue weighted by molar-refractivity contribution is -0.198. The minimum Gasteiger partial charge on any atom is -0.428 e. The quantitative estimate of drug-likeness (QED) is 0.302. The Bertz CT molecular complexity index is 669. The number of hydrogen-bond acceptors (Lipinski definition) is 11. The van der Waals surface area contributed by atoms with Crippen molar-refractivity contribution in [1.29, 1.82) is 0 Å². The molecule has 0 atom stereocenters. The summed E-state index contributed by atoms with van der Waals surface area (Å²) in [5.74, 6) is -4.67. The van der Waals surface area contributed by atoms with E-state index in [1.54, 1.807) is 0 Å². The highest BCUT2D eigenvalue weighted by Gasteiger charge is 2.34. The SMILES string of the molecule is O=C(CCC(=O)ON1C(=O)CCC1=O)OCOC(=O)ON1C(=O)CCC1=O.